The number of aryl methyl sites for hydroxylation is 3. The van der Waals surface area contributed by atoms with Crippen LogP contribution in [0.2, 0.25) is 0 Å². The maximum atomic E-state index is 12.3. The molecule has 2 amide bonds. The van der Waals surface area contributed by atoms with Crippen LogP contribution in [0.25, 0.3) is 0 Å². The fourth-order valence-corrected chi connectivity index (χ4v) is 2.54. The Morgan fingerprint density at radius 3 is 2.33 bits per heavy atom. The van der Waals surface area contributed by atoms with E-state index in [0.717, 1.165) is 35.2 Å². The van der Waals surface area contributed by atoms with Gasteiger partial charge in [-0.3, -0.25) is 0 Å². The number of isocyanates is 1. The highest BCUT2D eigenvalue weighted by atomic mass is 16.2. The van der Waals surface area contributed by atoms with Crippen LogP contribution in [-0.4, -0.2) is 12.1 Å². The summed E-state index contributed by atoms with van der Waals surface area (Å²) in [7, 11) is 0. The summed E-state index contributed by atoms with van der Waals surface area (Å²) in [5.41, 5.74) is 4.96. The van der Waals surface area contributed by atoms with Gasteiger partial charge in [0.15, 0.2) is 0 Å². The molecule has 2 aromatic carbocycles. The van der Waals surface area contributed by atoms with Gasteiger partial charge in [-0.05, 0) is 48.6 Å². The number of anilines is 2. The number of hydrogen-bond donors (Lipinski definition) is 2. The number of rotatable bonds is 5. The molecule has 2 rings (SSSR count). The Morgan fingerprint density at radius 1 is 1.08 bits per heavy atom. The molecule has 0 radical (unpaired) electrons. The number of urea groups is 1. The minimum absolute atomic E-state index is 0.324. The molecule has 0 aliphatic carbocycles. The van der Waals surface area contributed by atoms with Crippen molar-refractivity contribution in [2.45, 2.75) is 33.6 Å². The van der Waals surface area contributed by atoms with E-state index < -0.39 is 0 Å². The average Bonchev–Trinajstić information content (AvgIpc) is 2.58. The normalized spacial score (nSPS) is 9.96. The first kappa shape index (κ1) is 17.4. The Labute approximate surface area is 141 Å². The highest BCUT2D eigenvalue weighted by Gasteiger charge is 2.10. The van der Waals surface area contributed by atoms with Crippen molar-refractivity contribution in [2.24, 2.45) is 4.99 Å². The highest BCUT2D eigenvalue weighted by Crippen LogP contribution is 2.25. The summed E-state index contributed by atoms with van der Waals surface area (Å²) in [6.07, 6.45) is 3.20. The van der Waals surface area contributed by atoms with Crippen LogP contribution in [-0.2, 0) is 17.6 Å². The number of para-hydroxylation sites is 1. The molecular weight excluding hydrogens is 302 g/mol. The van der Waals surface area contributed by atoms with E-state index in [1.807, 2.05) is 25.1 Å². The molecule has 5 nitrogen and oxygen atoms in total. The molecule has 24 heavy (non-hydrogen) atoms. The van der Waals surface area contributed by atoms with Gasteiger partial charge < -0.3 is 10.6 Å². The van der Waals surface area contributed by atoms with E-state index in [2.05, 4.69) is 29.5 Å². The second-order valence-electron chi connectivity index (χ2n) is 5.44. The van der Waals surface area contributed by atoms with Gasteiger partial charge in [0.25, 0.3) is 0 Å². The third kappa shape index (κ3) is 4.09. The first-order valence-electron chi connectivity index (χ1n) is 7.96. The maximum absolute atomic E-state index is 12.3. The van der Waals surface area contributed by atoms with Crippen molar-refractivity contribution in [1.29, 1.82) is 0 Å². The molecule has 0 fully saturated rings. The van der Waals surface area contributed by atoms with Crippen molar-refractivity contribution in [3.8, 4) is 0 Å². The van der Waals surface area contributed by atoms with Crippen LogP contribution in [0, 0.1) is 6.92 Å². The molecule has 0 aliphatic rings. The minimum Gasteiger partial charge on any atom is -0.308 e. The zero-order chi connectivity index (χ0) is 17.5. The van der Waals surface area contributed by atoms with Crippen molar-refractivity contribution in [3.63, 3.8) is 0 Å². The lowest BCUT2D eigenvalue weighted by atomic mass is 10.0. The second kappa shape index (κ2) is 8.09. The number of carbonyl (C=O) groups is 1. The summed E-state index contributed by atoms with van der Waals surface area (Å²) in [5, 5.41) is 5.72. The summed E-state index contributed by atoms with van der Waals surface area (Å²) >= 11 is 0. The molecule has 124 valence electrons. The lowest BCUT2D eigenvalue weighted by molar-refractivity contribution is 0.262. The van der Waals surface area contributed by atoms with Crippen LogP contribution in [0.3, 0.4) is 0 Å². The van der Waals surface area contributed by atoms with Crippen molar-refractivity contribution in [2.75, 3.05) is 10.6 Å². The van der Waals surface area contributed by atoms with Gasteiger partial charge in [-0.25, -0.2) is 9.59 Å². The molecule has 0 aliphatic heterocycles. The molecular formula is C19H21N3O2. The number of nitrogens with zero attached hydrogens (tertiary/aromatic N) is 1. The van der Waals surface area contributed by atoms with Gasteiger partial charge in [-0.1, -0.05) is 38.1 Å². The molecule has 5 heteroatoms. The molecule has 0 saturated heterocycles. The highest BCUT2D eigenvalue weighted by molar-refractivity contribution is 6.01. The van der Waals surface area contributed by atoms with Crippen molar-refractivity contribution in [1.82, 2.24) is 0 Å². The minimum atomic E-state index is -0.324. The smallest absolute Gasteiger partial charge is 0.308 e. The SMILES string of the molecule is CCc1cccc(CC)c1NC(=O)Nc1ccc(C)c(N=C=O)c1. The lowest BCUT2D eigenvalue weighted by Crippen LogP contribution is -2.21. The van der Waals surface area contributed by atoms with Gasteiger partial charge in [-0.15, -0.1) is 0 Å². The number of carbonyl (C=O) groups excluding carboxylic acids is 2. The van der Waals surface area contributed by atoms with E-state index in [0.29, 0.717) is 11.4 Å². The fraction of sp³-hybridized carbons (Fsp3) is 0.263. The Bertz CT molecular complexity index is 771. The topological polar surface area (TPSA) is 70.6 Å². The molecule has 0 heterocycles. The zero-order valence-corrected chi connectivity index (χ0v) is 14.1. The predicted octanol–water partition coefficient (Wildman–Crippen LogP) is 4.73. The molecule has 0 bridgehead atoms. The van der Waals surface area contributed by atoms with Crippen LogP contribution in [0.4, 0.5) is 21.9 Å². The molecule has 0 aromatic heterocycles. The Hall–Kier alpha value is -2.91. The lowest BCUT2D eigenvalue weighted by Gasteiger charge is -2.15. The molecule has 0 unspecified atom stereocenters. The summed E-state index contributed by atoms with van der Waals surface area (Å²) in [5.74, 6) is 0. The quantitative estimate of drug-likeness (QED) is 0.617. The van der Waals surface area contributed by atoms with Gasteiger partial charge in [0.05, 0.1) is 5.69 Å². The Kier molecular flexibility index (Phi) is 5.88. The largest absolute Gasteiger partial charge is 0.323 e. The van der Waals surface area contributed by atoms with Gasteiger partial charge in [-0.2, -0.15) is 4.99 Å². The first-order chi connectivity index (χ1) is 11.6. The van der Waals surface area contributed by atoms with Gasteiger partial charge in [0.2, 0.25) is 6.08 Å². The number of aliphatic imine (C=N–C) groups is 1. The summed E-state index contributed by atoms with van der Waals surface area (Å²) in [6, 6.07) is 10.9. The third-order valence-electron chi connectivity index (χ3n) is 3.87. The number of hydrogen-bond acceptors (Lipinski definition) is 3. The van der Waals surface area contributed by atoms with Crippen LogP contribution in [0.15, 0.2) is 41.4 Å². The molecule has 0 atom stereocenters. The van der Waals surface area contributed by atoms with Gasteiger partial charge in [0.1, 0.15) is 0 Å². The van der Waals surface area contributed by atoms with E-state index in [1.54, 1.807) is 18.2 Å². The molecule has 2 N–H and O–H groups in total. The third-order valence-corrected chi connectivity index (χ3v) is 3.87. The number of amides is 2. The second-order valence-corrected chi connectivity index (χ2v) is 5.44. The Balaban J connectivity index is 2.20. The average molecular weight is 323 g/mol. The van der Waals surface area contributed by atoms with Gasteiger partial charge >= 0.3 is 6.03 Å². The zero-order valence-electron chi connectivity index (χ0n) is 14.1. The first-order valence-corrected chi connectivity index (χ1v) is 7.96. The fourth-order valence-electron chi connectivity index (χ4n) is 2.54. The summed E-state index contributed by atoms with van der Waals surface area (Å²) < 4.78 is 0. The van der Waals surface area contributed by atoms with E-state index in [-0.39, 0.29) is 6.03 Å². The van der Waals surface area contributed by atoms with E-state index in [9.17, 15) is 9.59 Å². The van der Waals surface area contributed by atoms with Crippen molar-refractivity contribution in [3.05, 3.63) is 53.1 Å². The van der Waals surface area contributed by atoms with Crippen LogP contribution >= 0.6 is 0 Å². The van der Waals surface area contributed by atoms with Crippen LogP contribution in [0.5, 0.6) is 0 Å². The van der Waals surface area contributed by atoms with Crippen LogP contribution in [0.1, 0.15) is 30.5 Å². The van der Waals surface area contributed by atoms with Crippen molar-refractivity contribution >= 4 is 29.2 Å². The van der Waals surface area contributed by atoms with E-state index in [4.69, 9.17) is 0 Å². The molecule has 0 spiro atoms. The summed E-state index contributed by atoms with van der Waals surface area (Å²) in [6.45, 7) is 5.95. The Morgan fingerprint density at radius 2 is 1.75 bits per heavy atom. The molecule has 0 saturated carbocycles. The standard InChI is InChI=1S/C19H21N3O2/c1-4-14-7-6-8-15(5-2)18(14)22-19(24)21-16-10-9-13(3)17(11-16)20-12-23/h6-11H,4-5H2,1-3H3,(H2,21,22,24). The number of nitrogens with one attached hydrogen (secondary N) is 2. The summed E-state index contributed by atoms with van der Waals surface area (Å²) in [4.78, 5) is 26.4. The molecule has 2 aromatic rings. The van der Waals surface area contributed by atoms with Crippen molar-refractivity contribution < 1.29 is 9.59 Å². The van der Waals surface area contributed by atoms with E-state index >= 15 is 0 Å². The number of benzene rings is 2. The monoisotopic (exact) mass is 323 g/mol. The predicted molar refractivity (Wildman–Crippen MR) is 96.8 cm³/mol. The van der Waals surface area contributed by atoms with Crippen LogP contribution < -0.4 is 10.6 Å². The van der Waals surface area contributed by atoms with Gasteiger partial charge in [0, 0.05) is 11.4 Å². The van der Waals surface area contributed by atoms with E-state index in [1.165, 1.54) is 6.08 Å². The maximum Gasteiger partial charge on any atom is 0.323 e.